The van der Waals surface area contributed by atoms with Crippen molar-refractivity contribution in [3.05, 3.63) is 121 Å². The zero-order valence-corrected chi connectivity index (χ0v) is 29.5. The Hall–Kier alpha value is -7.12. The first-order chi connectivity index (χ1) is 26.3. The third-order valence-corrected chi connectivity index (χ3v) is 8.62. The summed E-state index contributed by atoms with van der Waals surface area (Å²) in [6.45, 7) is 0.836. The first-order valence-corrected chi connectivity index (χ1v) is 16.8. The quantitative estimate of drug-likeness (QED) is 0.0956. The molecule has 0 saturated heterocycles. The normalized spacial score (nSPS) is 10.9. The lowest BCUT2D eigenvalue weighted by Gasteiger charge is -2.13. The summed E-state index contributed by atoms with van der Waals surface area (Å²) in [5.74, 6) is 1.90. The van der Waals surface area contributed by atoms with Gasteiger partial charge in [0, 0.05) is 83.2 Å². The van der Waals surface area contributed by atoms with Crippen molar-refractivity contribution in [3.8, 4) is 34.5 Å². The van der Waals surface area contributed by atoms with Crippen molar-refractivity contribution in [1.29, 1.82) is 0 Å². The van der Waals surface area contributed by atoms with E-state index in [4.69, 9.17) is 23.7 Å². The Kier molecular flexibility index (Phi) is 10.2. The summed E-state index contributed by atoms with van der Waals surface area (Å²) in [6.07, 6.45) is 7.04. The minimum Gasteiger partial charge on any atom is -0.496 e. The second-order valence-electron chi connectivity index (χ2n) is 12.0. The van der Waals surface area contributed by atoms with Crippen LogP contribution in [0.25, 0.3) is 43.6 Å². The number of aromatic nitrogens is 4. The van der Waals surface area contributed by atoms with Gasteiger partial charge in [-0.05, 0) is 72.8 Å². The lowest BCUT2D eigenvalue weighted by Crippen LogP contribution is -2.27. The number of methoxy groups -OCH3 is 3. The zero-order chi connectivity index (χ0) is 37.6. The van der Waals surface area contributed by atoms with Crippen LogP contribution in [0.2, 0.25) is 0 Å². The monoisotopic (exact) mass is 725 g/mol. The van der Waals surface area contributed by atoms with Crippen LogP contribution < -0.4 is 24.3 Å². The maximum Gasteiger partial charge on any atom is 0.339 e. The first kappa shape index (κ1) is 35.3. The average Bonchev–Trinajstić information content (AvgIpc) is 3.87. The first-order valence-electron chi connectivity index (χ1n) is 16.8. The van der Waals surface area contributed by atoms with Crippen molar-refractivity contribution in [2.24, 2.45) is 0 Å². The number of ether oxygens (including phenoxy) is 5. The number of aromatic carboxylic acids is 1. The van der Waals surface area contributed by atoms with E-state index in [0.717, 1.165) is 27.2 Å². The number of carboxylic acid groups (broad SMARTS) is 1. The molecule has 4 aromatic heterocycles. The molecule has 8 rings (SSSR count). The SMILES string of the molecule is COCCNC(=O)c1cc2c(Oc3ccc4[nH]ccc4c3)ccnc2cc1OC.COc1cc2nccc(Oc3ccc4[nH]ccc4c3)c2cc1C(=O)O. The number of rotatable bonds is 11. The van der Waals surface area contributed by atoms with E-state index in [-0.39, 0.29) is 17.2 Å². The van der Waals surface area contributed by atoms with Gasteiger partial charge in [0.25, 0.3) is 5.91 Å². The summed E-state index contributed by atoms with van der Waals surface area (Å²) in [4.78, 5) is 39.0. The molecule has 0 aliphatic rings. The van der Waals surface area contributed by atoms with Crippen molar-refractivity contribution in [2.75, 3.05) is 34.5 Å². The fourth-order valence-electron chi connectivity index (χ4n) is 5.96. The third kappa shape index (κ3) is 7.43. The van der Waals surface area contributed by atoms with Gasteiger partial charge in [0.2, 0.25) is 0 Å². The van der Waals surface area contributed by atoms with E-state index >= 15 is 0 Å². The van der Waals surface area contributed by atoms with Gasteiger partial charge < -0.3 is 44.1 Å². The number of nitrogens with one attached hydrogen (secondary N) is 3. The summed E-state index contributed by atoms with van der Waals surface area (Å²) >= 11 is 0. The molecule has 0 aliphatic heterocycles. The molecule has 0 saturated carbocycles. The van der Waals surface area contributed by atoms with Gasteiger partial charge in [0.15, 0.2) is 0 Å². The number of carbonyl (C=O) groups is 2. The molecule has 0 radical (unpaired) electrons. The van der Waals surface area contributed by atoms with E-state index in [9.17, 15) is 14.7 Å². The van der Waals surface area contributed by atoms with Gasteiger partial charge in [-0.3, -0.25) is 14.8 Å². The summed E-state index contributed by atoms with van der Waals surface area (Å²) < 4.78 is 27.7. The van der Waals surface area contributed by atoms with Crippen LogP contribution in [0.1, 0.15) is 20.7 Å². The van der Waals surface area contributed by atoms with Crippen LogP contribution in [-0.2, 0) is 4.74 Å². The average molecular weight is 726 g/mol. The second-order valence-corrected chi connectivity index (χ2v) is 12.0. The number of hydrogen-bond acceptors (Lipinski definition) is 9. The van der Waals surface area contributed by atoms with Crippen molar-refractivity contribution >= 4 is 55.5 Å². The molecule has 13 nitrogen and oxygen atoms in total. The van der Waals surface area contributed by atoms with Crippen molar-refractivity contribution in [3.63, 3.8) is 0 Å². The number of aromatic amines is 2. The maximum absolute atomic E-state index is 12.6. The number of hydrogen-bond donors (Lipinski definition) is 4. The minimum atomic E-state index is -1.07. The number of fused-ring (bicyclic) bond motifs is 4. The molecular formula is C41H35N5O8. The predicted octanol–water partition coefficient (Wildman–Crippen LogP) is 8.11. The van der Waals surface area contributed by atoms with Crippen LogP contribution in [0.3, 0.4) is 0 Å². The summed E-state index contributed by atoms with van der Waals surface area (Å²) in [5, 5.41) is 15.6. The van der Waals surface area contributed by atoms with Gasteiger partial charge >= 0.3 is 5.97 Å². The molecule has 0 aliphatic carbocycles. The summed E-state index contributed by atoms with van der Waals surface area (Å²) in [6, 6.07) is 25.6. The number of amides is 1. The Bertz CT molecular complexity index is 2630. The van der Waals surface area contributed by atoms with Crippen molar-refractivity contribution in [1.82, 2.24) is 25.3 Å². The van der Waals surface area contributed by atoms with Gasteiger partial charge in [-0.25, -0.2) is 4.79 Å². The van der Waals surface area contributed by atoms with Gasteiger partial charge in [-0.15, -0.1) is 0 Å². The van der Waals surface area contributed by atoms with E-state index in [1.807, 2.05) is 60.9 Å². The molecule has 1 amide bonds. The smallest absolute Gasteiger partial charge is 0.339 e. The van der Waals surface area contributed by atoms with Crippen LogP contribution in [-0.4, -0.2) is 71.4 Å². The molecule has 0 atom stereocenters. The fraction of sp³-hybridized carbons (Fsp3) is 0.122. The summed E-state index contributed by atoms with van der Waals surface area (Å²) in [7, 11) is 4.54. The second kappa shape index (κ2) is 15.6. The van der Waals surface area contributed by atoms with Crippen LogP contribution in [0, 0.1) is 0 Å². The van der Waals surface area contributed by atoms with Gasteiger partial charge in [0.05, 0.1) is 37.4 Å². The Labute approximate surface area is 308 Å². The van der Waals surface area contributed by atoms with E-state index in [0.29, 0.717) is 63.9 Å². The molecular weight excluding hydrogens is 690 g/mol. The molecule has 0 unspecified atom stereocenters. The molecule has 4 N–H and O–H groups in total. The van der Waals surface area contributed by atoms with E-state index in [2.05, 4.69) is 25.3 Å². The molecule has 8 aromatic rings. The fourth-order valence-corrected chi connectivity index (χ4v) is 5.96. The summed E-state index contributed by atoms with van der Waals surface area (Å²) in [5.41, 5.74) is 3.81. The number of nitrogens with zero attached hydrogens (tertiary/aromatic N) is 2. The standard InChI is InChI=1S/C22H21N3O4.C19H14N2O4/c1-27-10-9-25-22(26)17-12-16-19(13-21(17)28-2)24-8-6-20(16)29-15-3-4-18-14(11-15)5-7-23-18;1-24-18-10-16-13(9-14(18)19(22)23)17(5-7-21-16)25-12-2-3-15-11(8-12)4-6-20-15/h3-8,11-13,23H,9-10H2,1-2H3,(H,25,26);2-10,20H,1H3,(H,22,23). The highest BCUT2D eigenvalue weighted by Crippen LogP contribution is 2.35. The highest BCUT2D eigenvalue weighted by atomic mass is 16.5. The highest BCUT2D eigenvalue weighted by Gasteiger charge is 2.18. The highest BCUT2D eigenvalue weighted by molar-refractivity contribution is 6.02. The molecule has 54 heavy (non-hydrogen) atoms. The number of carboxylic acids is 1. The number of benzene rings is 4. The Balaban J connectivity index is 0.000000168. The van der Waals surface area contributed by atoms with E-state index in [1.54, 1.807) is 49.8 Å². The van der Waals surface area contributed by atoms with Gasteiger partial charge in [-0.1, -0.05) is 0 Å². The van der Waals surface area contributed by atoms with Crippen molar-refractivity contribution in [2.45, 2.75) is 0 Å². The molecule has 0 bridgehead atoms. The molecule has 272 valence electrons. The third-order valence-electron chi connectivity index (χ3n) is 8.62. The number of pyridine rings is 2. The van der Waals surface area contributed by atoms with E-state index < -0.39 is 5.97 Å². The van der Waals surface area contributed by atoms with Crippen LogP contribution >= 0.6 is 0 Å². The lowest BCUT2D eigenvalue weighted by atomic mass is 10.1. The van der Waals surface area contributed by atoms with E-state index in [1.165, 1.54) is 20.3 Å². The van der Waals surface area contributed by atoms with Crippen LogP contribution in [0.5, 0.6) is 34.5 Å². The molecule has 0 fully saturated rings. The zero-order valence-electron chi connectivity index (χ0n) is 29.5. The predicted molar refractivity (Wildman–Crippen MR) is 205 cm³/mol. The van der Waals surface area contributed by atoms with Crippen molar-refractivity contribution < 1.29 is 38.4 Å². The molecule has 13 heteroatoms. The number of H-pyrrole nitrogens is 2. The molecule has 4 heterocycles. The largest absolute Gasteiger partial charge is 0.496 e. The van der Waals surface area contributed by atoms with Crippen LogP contribution in [0.4, 0.5) is 0 Å². The van der Waals surface area contributed by atoms with Crippen LogP contribution in [0.15, 0.2) is 110 Å². The van der Waals surface area contributed by atoms with Gasteiger partial charge in [-0.2, -0.15) is 0 Å². The molecule has 4 aromatic carbocycles. The number of carbonyl (C=O) groups excluding carboxylic acids is 1. The molecule has 0 spiro atoms. The lowest BCUT2D eigenvalue weighted by molar-refractivity contribution is 0.0693. The maximum atomic E-state index is 12.6. The Morgan fingerprint density at radius 3 is 1.67 bits per heavy atom. The topological polar surface area (TPSA) is 170 Å². The van der Waals surface area contributed by atoms with Gasteiger partial charge in [0.1, 0.15) is 40.1 Å². The Morgan fingerprint density at radius 1 is 0.648 bits per heavy atom. The minimum absolute atomic E-state index is 0.0638. The Morgan fingerprint density at radius 2 is 1.17 bits per heavy atom.